The van der Waals surface area contributed by atoms with E-state index in [4.69, 9.17) is 5.11 Å². The van der Waals surface area contributed by atoms with Gasteiger partial charge in [-0.3, -0.25) is 9.78 Å². The zero-order valence-corrected chi connectivity index (χ0v) is 9.17. The van der Waals surface area contributed by atoms with Crippen LogP contribution in [0.2, 0.25) is 0 Å². The molecule has 0 unspecified atom stereocenters. The molecule has 4 nitrogen and oxygen atoms in total. The van der Waals surface area contributed by atoms with Crippen molar-refractivity contribution in [1.82, 2.24) is 9.88 Å². The average molecular weight is 220 g/mol. The van der Waals surface area contributed by atoms with Crippen LogP contribution in [-0.2, 0) is 11.2 Å². The minimum atomic E-state index is 0.0225. The molecule has 4 heteroatoms. The van der Waals surface area contributed by atoms with E-state index in [1.165, 1.54) is 0 Å². The molecule has 1 aliphatic heterocycles. The Labute approximate surface area is 94.9 Å². The second kappa shape index (κ2) is 5.07. The highest BCUT2D eigenvalue weighted by atomic mass is 16.3. The first kappa shape index (κ1) is 11.1. The Morgan fingerprint density at radius 3 is 2.94 bits per heavy atom. The highest BCUT2D eigenvalue weighted by Crippen LogP contribution is 2.17. The lowest BCUT2D eigenvalue weighted by atomic mass is 10.1. The van der Waals surface area contributed by atoms with Gasteiger partial charge in [-0.1, -0.05) is 0 Å². The van der Waals surface area contributed by atoms with Crippen LogP contribution in [0.15, 0.2) is 24.5 Å². The quantitative estimate of drug-likeness (QED) is 0.812. The van der Waals surface area contributed by atoms with Gasteiger partial charge in [0.15, 0.2) is 0 Å². The summed E-state index contributed by atoms with van der Waals surface area (Å²) in [6.07, 6.45) is 5.69. The zero-order valence-electron chi connectivity index (χ0n) is 9.17. The summed E-state index contributed by atoms with van der Waals surface area (Å²) in [5.74, 6) is 0.0998. The zero-order chi connectivity index (χ0) is 11.4. The summed E-state index contributed by atoms with van der Waals surface area (Å²) in [5.41, 5.74) is 0.976. The fourth-order valence-electron chi connectivity index (χ4n) is 2.13. The Kier molecular flexibility index (Phi) is 3.51. The summed E-state index contributed by atoms with van der Waals surface area (Å²) in [7, 11) is 0. The van der Waals surface area contributed by atoms with Crippen LogP contribution >= 0.6 is 0 Å². The average Bonchev–Trinajstić information content (AvgIpc) is 2.78. The fraction of sp³-hybridized carbons (Fsp3) is 0.500. The first-order chi connectivity index (χ1) is 7.81. The Bertz CT molecular complexity index is 353. The van der Waals surface area contributed by atoms with Crippen LogP contribution in [0.5, 0.6) is 0 Å². The Morgan fingerprint density at radius 1 is 1.50 bits per heavy atom. The molecular formula is C12H16N2O2. The topological polar surface area (TPSA) is 53.4 Å². The molecule has 0 aliphatic carbocycles. The number of hydrogen-bond donors (Lipinski definition) is 1. The molecule has 0 spiro atoms. The highest BCUT2D eigenvalue weighted by molar-refractivity contribution is 5.79. The van der Waals surface area contributed by atoms with E-state index in [0.717, 1.165) is 24.9 Å². The number of amides is 1. The van der Waals surface area contributed by atoms with Crippen LogP contribution in [-0.4, -0.2) is 40.1 Å². The Balaban J connectivity index is 1.98. The van der Waals surface area contributed by atoms with E-state index in [2.05, 4.69) is 4.98 Å². The predicted octanol–water partition coefficient (Wildman–Crippen LogP) is 0.607. The molecule has 0 saturated carbocycles. The van der Waals surface area contributed by atoms with E-state index in [0.29, 0.717) is 6.42 Å². The van der Waals surface area contributed by atoms with Gasteiger partial charge in [0.2, 0.25) is 5.91 Å². The third-order valence-corrected chi connectivity index (χ3v) is 3.01. The molecule has 1 fully saturated rings. The van der Waals surface area contributed by atoms with Crippen molar-refractivity contribution in [2.45, 2.75) is 25.3 Å². The molecule has 1 amide bonds. The SMILES string of the molecule is O=C(Cc1ccncc1)N1CCC[C@@H]1CO. The number of aliphatic hydroxyl groups excluding tert-OH is 1. The first-order valence-electron chi connectivity index (χ1n) is 5.60. The summed E-state index contributed by atoms with van der Waals surface area (Å²) in [4.78, 5) is 17.7. The smallest absolute Gasteiger partial charge is 0.227 e. The summed E-state index contributed by atoms with van der Waals surface area (Å²) in [6.45, 7) is 0.844. The maximum Gasteiger partial charge on any atom is 0.227 e. The van der Waals surface area contributed by atoms with Crippen molar-refractivity contribution >= 4 is 5.91 Å². The normalized spacial score (nSPS) is 20.1. The maximum atomic E-state index is 12.0. The van der Waals surface area contributed by atoms with Crippen molar-refractivity contribution in [2.75, 3.05) is 13.2 Å². The lowest BCUT2D eigenvalue weighted by molar-refractivity contribution is -0.131. The molecule has 0 radical (unpaired) electrons. The van der Waals surface area contributed by atoms with E-state index in [1.54, 1.807) is 17.3 Å². The lowest BCUT2D eigenvalue weighted by Crippen LogP contribution is -2.38. The summed E-state index contributed by atoms with van der Waals surface area (Å²) < 4.78 is 0. The third kappa shape index (κ3) is 2.39. The first-order valence-corrected chi connectivity index (χ1v) is 5.60. The maximum absolute atomic E-state index is 12.0. The molecule has 1 saturated heterocycles. The summed E-state index contributed by atoms with van der Waals surface area (Å²) >= 11 is 0. The molecule has 1 aromatic heterocycles. The molecule has 2 rings (SSSR count). The fourth-order valence-corrected chi connectivity index (χ4v) is 2.13. The van der Waals surface area contributed by atoms with Crippen molar-refractivity contribution in [1.29, 1.82) is 0 Å². The number of aliphatic hydroxyl groups is 1. The molecule has 16 heavy (non-hydrogen) atoms. The van der Waals surface area contributed by atoms with Crippen molar-refractivity contribution in [3.05, 3.63) is 30.1 Å². The molecule has 1 N–H and O–H groups in total. The van der Waals surface area contributed by atoms with Crippen LogP contribution in [0.3, 0.4) is 0 Å². The van der Waals surface area contributed by atoms with Crippen molar-refractivity contribution in [3.63, 3.8) is 0 Å². The number of pyridine rings is 1. The third-order valence-electron chi connectivity index (χ3n) is 3.01. The Hall–Kier alpha value is -1.42. The molecular weight excluding hydrogens is 204 g/mol. The number of carbonyl (C=O) groups is 1. The van der Waals surface area contributed by atoms with Gasteiger partial charge in [0.05, 0.1) is 19.1 Å². The van der Waals surface area contributed by atoms with E-state index in [-0.39, 0.29) is 18.6 Å². The van der Waals surface area contributed by atoms with Crippen molar-refractivity contribution in [3.8, 4) is 0 Å². The summed E-state index contributed by atoms with van der Waals surface area (Å²) in [5, 5.41) is 9.15. The van der Waals surface area contributed by atoms with Gasteiger partial charge >= 0.3 is 0 Å². The van der Waals surface area contributed by atoms with E-state index >= 15 is 0 Å². The highest BCUT2D eigenvalue weighted by Gasteiger charge is 2.27. The molecule has 1 aromatic rings. The standard InChI is InChI=1S/C12H16N2O2/c15-9-11-2-1-7-14(11)12(16)8-10-3-5-13-6-4-10/h3-6,11,15H,1-2,7-9H2/t11-/m1/s1. The van der Waals surface area contributed by atoms with Gasteiger partial charge in [0.1, 0.15) is 0 Å². The molecule has 86 valence electrons. The Morgan fingerprint density at radius 2 is 2.25 bits per heavy atom. The van der Waals surface area contributed by atoms with Crippen LogP contribution in [0.1, 0.15) is 18.4 Å². The van der Waals surface area contributed by atoms with Gasteiger partial charge in [-0.2, -0.15) is 0 Å². The molecule has 0 aromatic carbocycles. The molecule has 1 aliphatic rings. The second-order valence-electron chi connectivity index (χ2n) is 4.10. The van der Waals surface area contributed by atoms with Crippen molar-refractivity contribution in [2.24, 2.45) is 0 Å². The van der Waals surface area contributed by atoms with Gasteiger partial charge in [-0.15, -0.1) is 0 Å². The number of aromatic nitrogens is 1. The predicted molar refractivity (Wildman–Crippen MR) is 59.8 cm³/mol. The second-order valence-corrected chi connectivity index (χ2v) is 4.10. The van der Waals surface area contributed by atoms with E-state index < -0.39 is 0 Å². The monoisotopic (exact) mass is 220 g/mol. The number of rotatable bonds is 3. The number of carbonyl (C=O) groups excluding carboxylic acids is 1. The summed E-state index contributed by atoms with van der Waals surface area (Å²) in [6, 6.07) is 3.72. The van der Waals surface area contributed by atoms with Gasteiger partial charge in [0.25, 0.3) is 0 Å². The minimum absolute atomic E-state index is 0.0225. The number of hydrogen-bond acceptors (Lipinski definition) is 3. The minimum Gasteiger partial charge on any atom is -0.394 e. The molecule has 2 heterocycles. The van der Waals surface area contributed by atoms with Gasteiger partial charge in [-0.05, 0) is 30.5 Å². The van der Waals surface area contributed by atoms with Crippen LogP contribution in [0.4, 0.5) is 0 Å². The van der Waals surface area contributed by atoms with Crippen LogP contribution < -0.4 is 0 Å². The van der Waals surface area contributed by atoms with Crippen molar-refractivity contribution < 1.29 is 9.90 Å². The lowest BCUT2D eigenvalue weighted by Gasteiger charge is -2.22. The van der Waals surface area contributed by atoms with E-state index in [1.807, 2.05) is 12.1 Å². The van der Waals surface area contributed by atoms with Gasteiger partial charge in [0, 0.05) is 18.9 Å². The molecule has 1 atom stereocenters. The molecule has 0 bridgehead atoms. The largest absolute Gasteiger partial charge is 0.394 e. The van der Waals surface area contributed by atoms with Crippen LogP contribution in [0, 0.1) is 0 Å². The van der Waals surface area contributed by atoms with Gasteiger partial charge < -0.3 is 10.0 Å². The van der Waals surface area contributed by atoms with Crippen LogP contribution in [0.25, 0.3) is 0 Å². The van der Waals surface area contributed by atoms with E-state index in [9.17, 15) is 4.79 Å². The number of nitrogens with zero attached hydrogens (tertiary/aromatic N) is 2. The number of likely N-dealkylation sites (tertiary alicyclic amines) is 1. The van der Waals surface area contributed by atoms with Gasteiger partial charge in [-0.25, -0.2) is 0 Å².